The third-order valence-electron chi connectivity index (χ3n) is 5.94. The molecule has 24 heavy (non-hydrogen) atoms. The number of hydrogen-bond donors (Lipinski definition) is 1. The number of piperidine rings is 1. The van der Waals surface area contributed by atoms with Gasteiger partial charge in [-0.3, -0.25) is 9.58 Å². The van der Waals surface area contributed by atoms with Crippen LogP contribution in [-0.2, 0) is 13.6 Å². The maximum atomic E-state index is 4.36. The molecule has 0 radical (unpaired) electrons. The van der Waals surface area contributed by atoms with E-state index in [4.69, 9.17) is 0 Å². The summed E-state index contributed by atoms with van der Waals surface area (Å²) in [6.07, 6.45) is 5.93. The van der Waals surface area contributed by atoms with Gasteiger partial charge in [-0.2, -0.15) is 5.10 Å². The summed E-state index contributed by atoms with van der Waals surface area (Å²) in [5.41, 5.74) is 5.86. The normalized spacial score (nSPS) is 20.8. The minimum Gasteiger partial charge on any atom is -0.317 e. The van der Waals surface area contributed by atoms with Crippen LogP contribution in [0.3, 0.4) is 0 Å². The average molecular weight is 324 g/mol. The minimum atomic E-state index is 0.572. The summed E-state index contributed by atoms with van der Waals surface area (Å²) < 4.78 is 1.98. The molecule has 2 fully saturated rings. The quantitative estimate of drug-likeness (QED) is 0.942. The van der Waals surface area contributed by atoms with Crippen molar-refractivity contribution < 1.29 is 0 Å². The Bertz CT molecular complexity index is 712. The van der Waals surface area contributed by atoms with E-state index in [2.05, 4.69) is 46.5 Å². The number of hydrogen-bond acceptors (Lipinski definition) is 3. The monoisotopic (exact) mass is 324 g/mol. The molecule has 2 aromatic rings. The van der Waals surface area contributed by atoms with Crippen molar-refractivity contribution in [2.24, 2.45) is 12.5 Å². The van der Waals surface area contributed by atoms with Crippen LogP contribution in [0.4, 0.5) is 0 Å². The molecular weight excluding hydrogens is 296 g/mol. The molecule has 0 unspecified atom stereocenters. The van der Waals surface area contributed by atoms with Crippen LogP contribution in [0.5, 0.6) is 0 Å². The van der Waals surface area contributed by atoms with Crippen molar-refractivity contribution in [2.45, 2.75) is 32.7 Å². The van der Waals surface area contributed by atoms with Gasteiger partial charge in [0, 0.05) is 31.9 Å². The number of nitrogens with one attached hydrogen (secondary N) is 1. The zero-order valence-electron chi connectivity index (χ0n) is 14.9. The second-order valence-corrected chi connectivity index (χ2v) is 7.71. The van der Waals surface area contributed by atoms with Crippen molar-refractivity contribution in [3.63, 3.8) is 0 Å². The Morgan fingerprint density at radius 1 is 1.17 bits per heavy atom. The lowest BCUT2D eigenvalue weighted by Crippen LogP contribution is -2.38. The van der Waals surface area contributed by atoms with E-state index in [0.717, 1.165) is 6.54 Å². The molecule has 1 spiro atoms. The molecule has 2 aliphatic heterocycles. The number of nitrogens with zero attached hydrogens (tertiary/aromatic N) is 3. The van der Waals surface area contributed by atoms with Gasteiger partial charge in [0.2, 0.25) is 0 Å². The Balaban J connectivity index is 1.56. The lowest BCUT2D eigenvalue weighted by molar-refractivity contribution is 0.194. The van der Waals surface area contributed by atoms with Gasteiger partial charge in [-0.05, 0) is 68.9 Å². The first-order valence-electron chi connectivity index (χ1n) is 9.16. The first-order chi connectivity index (χ1) is 11.7. The standard InChI is InChI=1S/C20H28N4/c1-16-3-4-17(18(13-16)19-5-9-22-23(19)2)14-24-12-8-20(15-24)6-10-21-11-7-20/h3-5,9,13,21H,6-8,10-12,14-15H2,1-2H3. The molecule has 0 aliphatic carbocycles. The molecule has 2 saturated heterocycles. The largest absolute Gasteiger partial charge is 0.317 e. The van der Waals surface area contributed by atoms with Crippen molar-refractivity contribution in [3.05, 3.63) is 41.6 Å². The second kappa shape index (κ2) is 6.34. The van der Waals surface area contributed by atoms with E-state index in [1.165, 1.54) is 67.8 Å². The number of rotatable bonds is 3. The van der Waals surface area contributed by atoms with Gasteiger partial charge in [0.25, 0.3) is 0 Å². The summed E-state index contributed by atoms with van der Waals surface area (Å²) in [6, 6.07) is 8.98. The van der Waals surface area contributed by atoms with E-state index in [1.54, 1.807) is 0 Å². The predicted octanol–water partition coefficient (Wildman–Crippen LogP) is 2.97. The lowest BCUT2D eigenvalue weighted by atomic mass is 9.78. The van der Waals surface area contributed by atoms with Crippen molar-refractivity contribution in [3.8, 4) is 11.3 Å². The van der Waals surface area contributed by atoms with E-state index in [9.17, 15) is 0 Å². The van der Waals surface area contributed by atoms with Gasteiger partial charge in [0.1, 0.15) is 0 Å². The highest BCUT2D eigenvalue weighted by atomic mass is 15.3. The molecule has 3 heterocycles. The van der Waals surface area contributed by atoms with Crippen LogP contribution in [0.2, 0.25) is 0 Å². The molecule has 4 heteroatoms. The van der Waals surface area contributed by atoms with Crippen molar-refractivity contribution in [2.75, 3.05) is 26.2 Å². The molecule has 0 bridgehead atoms. The minimum absolute atomic E-state index is 0.572. The van der Waals surface area contributed by atoms with Crippen LogP contribution in [0, 0.1) is 12.3 Å². The highest BCUT2D eigenvalue weighted by Crippen LogP contribution is 2.39. The zero-order valence-corrected chi connectivity index (χ0v) is 14.9. The molecule has 0 amide bonds. The molecule has 128 valence electrons. The fraction of sp³-hybridized carbons (Fsp3) is 0.550. The van der Waals surface area contributed by atoms with Gasteiger partial charge in [0.15, 0.2) is 0 Å². The van der Waals surface area contributed by atoms with E-state index >= 15 is 0 Å². The Morgan fingerprint density at radius 3 is 2.75 bits per heavy atom. The van der Waals surface area contributed by atoms with Crippen LogP contribution in [-0.4, -0.2) is 40.9 Å². The molecule has 0 atom stereocenters. The summed E-state index contributed by atoms with van der Waals surface area (Å²) >= 11 is 0. The first-order valence-corrected chi connectivity index (χ1v) is 9.16. The molecule has 1 N–H and O–H groups in total. The third kappa shape index (κ3) is 3.01. The van der Waals surface area contributed by atoms with Gasteiger partial charge in [-0.25, -0.2) is 0 Å². The molecule has 4 nitrogen and oxygen atoms in total. The SMILES string of the molecule is Cc1ccc(CN2CCC3(CCNCC3)C2)c(-c2ccnn2C)c1. The highest BCUT2D eigenvalue weighted by molar-refractivity contribution is 5.64. The Labute approximate surface area is 144 Å². The van der Waals surface area contributed by atoms with E-state index in [0.29, 0.717) is 5.41 Å². The van der Waals surface area contributed by atoms with Gasteiger partial charge < -0.3 is 5.32 Å². The summed E-state index contributed by atoms with van der Waals surface area (Å²) in [7, 11) is 2.03. The highest BCUT2D eigenvalue weighted by Gasteiger charge is 2.38. The van der Waals surface area contributed by atoms with Crippen LogP contribution in [0.25, 0.3) is 11.3 Å². The first kappa shape index (κ1) is 15.9. The zero-order chi connectivity index (χ0) is 16.6. The number of aromatic nitrogens is 2. The Kier molecular flexibility index (Phi) is 4.19. The second-order valence-electron chi connectivity index (χ2n) is 7.71. The van der Waals surface area contributed by atoms with Gasteiger partial charge >= 0.3 is 0 Å². The van der Waals surface area contributed by atoms with E-state index < -0.39 is 0 Å². The predicted molar refractivity (Wildman–Crippen MR) is 97.8 cm³/mol. The van der Waals surface area contributed by atoms with Crippen LogP contribution >= 0.6 is 0 Å². The van der Waals surface area contributed by atoms with E-state index in [1.807, 2.05) is 17.9 Å². The van der Waals surface area contributed by atoms with Crippen LogP contribution < -0.4 is 5.32 Å². The van der Waals surface area contributed by atoms with Gasteiger partial charge in [-0.15, -0.1) is 0 Å². The van der Waals surface area contributed by atoms with Crippen molar-refractivity contribution >= 4 is 0 Å². The molecule has 4 rings (SSSR count). The lowest BCUT2D eigenvalue weighted by Gasteiger charge is -2.34. The smallest absolute Gasteiger partial charge is 0.0682 e. The van der Waals surface area contributed by atoms with Crippen molar-refractivity contribution in [1.82, 2.24) is 20.0 Å². The molecular formula is C20H28N4. The van der Waals surface area contributed by atoms with Crippen molar-refractivity contribution in [1.29, 1.82) is 0 Å². The third-order valence-corrected chi connectivity index (χ3v) is 5.94. The fourth-order valence-electron chi connectivity index (χ4n) is 4.47. The molecule has 0 saturated carbocycles. The molecule has 2 aliphatic rings. The average Bonchev–Trinajstić information content (AvgIpc) is 3.17. The summed E-state index contributed by atoms with van der Waals surface area (Å²) in [5, 5.41) is 7.87. The van der Waals surface area contributed by atoms with Gasteiger partial charge in [-0.1, -0.05) is 17.7 Å². The fourth-order valence-corrected chi connectivity index (χ4v) is 4.47. The molecule has 1 aromatic carbocycles. The number of likely N-dealkylation sites (tertiary alicyclic amines) is 1. The van der Waals surface area contributed by atoms with E-state index in [-0.39, 0.29) is 0 Å². The van der Waals surface area contributed by atoms with Gasteiger partial charge in [0.05, 0.1) is 5.69 Å². The Hall–Kier alpha value is -1.65. The summed E-state index contributed by atoms with van der Waals surface area (Å²) in [5.74, 6) is 0. The maximum Gasteiger partial charge on any atom is 0.0682 e. The topological polar surface area (TPSA) is 33.1 Å². The van der Waals surface area contributed by atoms with Crippen LogP contribution in [0.1, 0.15) is 30.4 Å². The summed E-state index contributed by atoms with van der Waals surface area (Å²) in [6.45, 7) is 8.10. The number of benzene rings is 1. The maximum absolute atomic E-state index is 4.36. The van der Waals surface area contributed by atoms with Crippen LogP contribution in [0.15, 0.2) is 30.5 Å². The molecule has 1 aromatic heterocycles. The summed E-state index contributed by atoms with van der Waals surface area (Å²) in [4.78, 5) is 2.66. The number of aryl methyl sites for hydroxylation is 2. The Morgan fingerprint density at radius 2 is 2.00 bits per heavy atom.